The van der Waals surface area contributed by atoms with E-state index in [4.69, 9.17) is 15.2 Å². The molecule has 0 spiro atoms. The van der Waals surface area contributed by atoms with Crippen molar-refractivity contribution in [2.75, 3.05) is 52.3 Å². The lowest BCUT2D eigenvalue weighted by Gasteiger charge is -2.13. The fourth-order valence-corrected chi connectivity index (χ4v) is 6.48. The lowest BCUT2D eigenvalue weighted by molar-refractivity contribution is -0.125. The van der Waals surface area contributed by atoms with E-state index in [9.17, 15) is 14.4 Å². The summed E-state index contributed by atoms with van der Waals surface area (Å²) >= 11 is 9.65. The molecular weight excluding hydrogens is 856 g/mol. The Labute approximate surface area is 345 Å². The second kappa shape index (κ2) is 28.9. The van der Waals surface area contributed by atoms with E-state index in [1.807, 2.05) is 54.1 Å². The molecule has 0 aliphatic heterocycles. The number of amides is 1. The Morgan fingerprint density at radius 2 is 1.41 bits per heavy atom. The van der Waals surface area contributed by atoms with Crippen LogP contribution in [-0.4, -0.2) is 79.3 Å². The van der Waals surface area contributed by atoms with E-state index in [2.05, 4.69) is 78.1 Å². The third-order valence-corrected chi connectivity index (χ3v) is 10.1. The van der Waals surface area contributed by atoms with Gasteiger partial charge in [0.1, 0.15) is 23.1 Å². The lowest BCUT2D eigenvalue weighted by atomic mass is 10.1. The van der Waals surface area contributed by atoms with Crippen molar-refractivity contribution in [3.63, 3.8) is 0 Å². The topological polar surface area (TPSA) is 149 Å². The SMILES string of the molecule is CC(=O)CC(=O)Cc1nccs1.CCN(CC)CC.COc1cc(CCN)ccc1Br.COc1cc(CCN/C(C)=C/C(=O)Nc2nccs2)ccc1Br. The largest absolute Gasteiger partial charge is 0.496 e. The first kappa shape index (κ1) is 48.5. The quantitative estimate of drug-likeness (QED) is 0.0701. The number of nitrogens with two attached hydrogens (primary N) is 1. The van der Waals surface area contributed by atoms with E-state index in [1.54, 1.807) is 26.6 Å². The molecule has 4 aromatic rings. The van der Waals surface area contributed by atoms with E-state index in [0.29, 0.717) is 11.7 Å². The van der Waals surface area contributed by atoms with Crippen molar-refractivity contribution in [3.05, 3.63) is 96.4 Å². The van der Waals surface area contributed by atoms with E-state index in [0.717, 1.165) is 56.1 Å². The third-order valence-electron chi connectivity index (χ3n) is 7.31. The van der Waals surface area contributed by atoms with Crippen LogP contribution >= 0.6 is 54.5 Å². The van der Waals surface area contributed by atoms with Crippen LogP contribution in [0, 0.1) is 0 Å². The molecule has 0 fully saturated rings. The zero-order chi connectivity index (χ0) is 40.3. The minimum atomic E-state index is -0.185. The number of nitrogens with one attached hydrogen (secondary N) is 2. The van der Waals surface area contributed by atoms with Gasteiger partial charge in [-0.05, 0) is 120 Å². The summed E-state index contributed by atoms with van der Waals surface area (Å²) in [6.07, 6.45) is 6.88. The van der Waals surface area contributed by atoms with E-state index in [-0.39, 0.29) is 30.3 Å². The Balaban J connectivity index is 0.000000398. The van der Waals surface area contributed by atoms with Crippen LogP contribution in [0.25, 0.3) is 0 Å². The zero-order valence-electron chi connectivity index (χ0n) is 32.2. The summed E-state index contributed by atoms with van der Waals surface area (Å²) in [6.45, 7) is 14.8. The average molecular weight is 911 g/mol. The number of methoxy groups -OCH3 is 2. The molecule has 0 unspecified atom stereocenters. The molecular formula is C39H54Br2N6O5S2. The van der Waals surface area contributed by atoms with Gasteiger partial charge in [0.05, 0.1) is 41.0 Å². The Hall–Kier alpha value is -3.47. The molecule has 2 aromatic carbocycles. The fourth-order valence-electron chi connectivity index (χ4n) is 4.48. The molecule has 0 radical (unpaired) electrons. The number of ketones is 2. The smallest absolute Gasteiger partial charge is 0.251 e. The molecule has 54 heavy (non-hydrogen) atoms. The van der Waals surface area contributed by atoms with Gasteiger partial charge in [0.15, 0.2) is 5.13 Å². The highest BCUT2D eigenvalue weighted by Crippen LogP contribution is 2.26. The molecule has 15 heteroatoms. The van der Waals surface area contributed by atoms with Crippen LogP contribution in [0.15, 0.2) is 80.3 Å². The van der Waals surface area contributed by atoms with Crippen molar-refractivity contribution >= 4 is 77.1 Å². The molecule has 1 amide bonds. The highest BCUT2D eigenvalue weighted by atomic mass is 79.9. The van der Waals surface area contributed by atoms with E-state index >= 15 is 0 Å². The Bertz CT molecular complexity index is 1680. The molecule has 0 atom stereocenters. The van der Waals surface area contributed by atoms with Gasteiger partial charge < -0.3 is 25.4 Å². The molecule has 2 heterocycles. The van der Waals surface area contributed by atoms with Crippen LogP contribution in [0.3, 0.4) is 0 Å². The number of carbonyl (C=O) groups excluding carboxylic acids is 3. The molecule has 0 saturated carbocycles. The summed E-state index contributed by atoms with van der Waals surface area (Å²) in [5.41, 5.74) is 8.62. The molecule has 0 bridgehead atoms. The number of anilines is 1. The maximum atomic E-state index is 11.8. The summed E-state index contributed by atoms with van der Waals surface area (Å²) in [7, 11) is 3.31. The van der Waals surface area contributed by atoms with Crippen LogP contribution in [0.4, 0.5) is 5.13 Å². The average Bonchev–Trinajstić information content (AvgIpc) is 3.86. The highest BCUT2D eigenvalue weighted by molar-refractivity contribution is 9.10. The number of halogens is 2. The normalized spacial score (nSPS) is 10.5. The van der Waals surface area contributed by atoms with Crippen LogP contribution in [0.5, 0.6) is 11.5 Å². The summed E-state index contributed by atoms with van der Waals surface area (Å²) < 4.78 is 12.3. The standard InChI is InChI=1S/C16H18BrN3O2S.C9H12BrNO.C8H9NO2S.C6H15N/c1-11(9-15(21)20-16-19-7-8-23-16)18-6-5-12-3-4-13(17)14(10-12)22-2;1-12-9-6-7(4-5-11)2-3-8(9)10;1-6(10)4-7(11)5-8-9-2-3-12-8;1-4-7(5-2)6-3/h3-4,7-10,18H,5-6H2,1-2H3,(H,19,20,21);2-3,6H,4-5,11H2,1H3;2-3H,4-5H2,1H3;4-6H2,1-3H3/b11-9+;;;. The second-order valence-electron chi connectivity index (χ2n) is 11.4. The van der Waals surface area contributed by atoms with Gasteiger partial charge in [-0.3, -0.25) is 19.7 Å². The number of ether oxygens (including phenoxy) is 2. The van der Waals surface area contributed by atoms with Crippen molar-refractivity contribution < 1.29 is 23.9 Å². The lowest BCUT2D eigenvalue weighted by Crippen LogP contribution is -2.21. The van der Waals surface area contributed by atoms with Gasteiger partial charge in [0.25, 0.3) is 5.91 Å². The Kier molecular flexibility index (Phi) is 26.0. The molecule has 296 valence electrons. The van der Waals surface area contributed by atoms with Gasteiger partial charge in [-0.2, -0.15) is 0 Å². The molecule has 0 aliphatic carbocycles. The van der Waals surface area contributed by atoms with Crippen LogP contribution in [0.2, 0.25) is 0 Å². The molecule has 0 aliphatic rings. The number of aromatic nitrogens is 2. The number of allylic oxidation sites excluding steroid dienone is 1. The predicted octanol–water partition coefficient (Wildman–Crippen LogP) is 8.13. The molecule has 4 rings (SSSR count). The van der Waals surface area contributed by atoms with Crippen molar-refractivity contribution in [2.45, 2.75) is 60.3 Å². The van der Waals surface area contributed by atoms with Crippen molar-refractivity contribution in [3.8, 4) is 11.5 Å². The van der Waals surface area contributed by atoms with Gasteiger partial charge in [-0.15, -0.1) is 22.7 Å². The second-order valence-corrected chi connectivity index (χ2v) is 15.0. The minimum Gasteiger partial charge on any atom is -0.496 e. The molecule has 0 saturated heterocycles. The van der Waals surface area contributed by atoms with Crippen molar-refractivity contribution in [1.82, 2.24) is 20.2 Å². The van der Waals surface area contributed by atoms with Gasteiger partial charge in [-0.1, -0.05) is 32.9 Å². The number of hydrogen-bond acceptors (Lipinski definition) is 12. The predicted molar refractivity (Wildman–Crippen MR) is 230 cm³/mol. The third kappa shape index (κ3) is 21.4. The zero-order valence-corrected chi connectivity index (χ0v) is 37.1. The number of carbonyl (C=O) groups is 3. The van der Waals surface area contributed by atoms with Crippen LogP contribution < -0.4 is 25.8 Å². The first-order valence-electron chi connectivity index (χ1n) is 17.5. The fraction of sp³-hybridized carbons (Fsp3) is 0.410. The van der Waals surface area contributed by atoms with E-state index < -0.39 is 0 Å². The van der Waals surface area contributed by atoms with Crippen molar-refractivity contribution in [2.24, 2.45) is 5.73 Å². The van der Waals surface area contributed by atoms with Crippen molar-refractivity contribution in [1.29, 1.82) is 0 Å². The summed E-state index contributed by atoms with van der Waals surface area (Å²) in [6, 6.07) is 12.0. The number of hydrogen-bond donors (Lipinski definition) is 3. The van der Waals surface area contributed by atoms with Crippen LogP contribution in [-0.2, 0) is 33.6 Å². The number of Topliss-reactive ketones (excluding diaryl/α,β-unsaturated/α-hetero) is 2. The van der Waals surface area contributed by atoms with E-state index in [1.165, 1.54) is 60.9 Å². The summed E-state index contributed by atoms with van der Waals surface area (Å²) in [5.74, 6) is 1.35. The molecule has 4 N–H and O–H groups in total. The summed E-state index contributed by atoms with van der Waals surface area (Å²) in [4.78, 5) is 43.7. The Morgan fingerprint density at radius 1 is 0.852 bits per heavy atom. The van der Waals surface area contributed by atoms with Gasteiger partial charge in [-0.25, -0.2) is 9.97 Å². The first-order valence-corrected chi connectivity index (χ1v) is 20.8. The number of rotatable bonds is 17. The monoisotopic (exact) mass is 908 g/mol. The minimum absolute atomic E-state index is 0.0274. The number of thiazole rings is 2. The maximum absolute atomic E-state index is 11.8. The summed E-state index contributed by atoms with van der Waals surface area (Å²) in [5, 5.41) is 10.9. The maximum Gasteiger partial charge on any atom is 0.251 e. The van der Waals surface area contributed by atoms with Crippen LogP contribution in [0.1, 0.15) is 57.2 Å². The molecule has 2 aromatic heterocycles. The Morgan fingerprint density at radius 3 is 1.85 bits per heavy atom. The highest BCUT2D eigenvalue weighted by Gasteiger charge is 2.08. The van der Waals surface area contributed by atoms with Gasteiger partial charge in [0.2, 0.25) is 0 Å². The molecule has 11 nitrogen and oxygen atoms in total. The van der Waals surface area contributed by atoms with Gasteiger partial charge >= 0.3 is 0 Å². The number of benzene rings is 2. The first-order chi connectivity index (χ1) is 25.9. The number of nitrogens with zero attached hydrogens (tertiary/aromatic N) is 3. The van der Waals surface area contributed by atoms with Gasteiger partial charge in [0, 0.05) is 41.5 Å².